The van der Waals surface area contributed by atoms with Crippen LogP contribution in [0, 0.1) is 13.8 Å². The highest BCUT2D eigenvalue weighted by Gasteiger charge is 1.97. The van der Waals surface area contributed by atoms with Gasteiger partial charge in [-0.15, -0.1) is 0 Å². The van der Waals surface area contributed by atoms with Gasteiger partial charge in [-0.25, -0.2) is 13.6 Å². The largest absolute Gasteiger partial charge is 0.258 e. The van der Waals surface area contributed by atoms with Crippen molar-refractivity contribution < 1.29 is 8.42 Å². The maximum absolute atomic E-state index is 8.81. The molecule has 0 aliphatic rings. The van der Waals surface area contributed by atoms with E-state index in [1.165, 1.54) is 10.8 Å². The number of benzene rings is 1. The molecule has 2 rings (SSSR count). The molecule has 2 aromatic rings. The monoisotopic (exact) mass is 238 g/mol. The predicted octanol–water partition coefficient (Wildman–Crippen LogP) is 1.32. The van der Waals surface area contributed by atoms with Crippen molar-refractivity contribution >= 4 is 21.7 Å². The lowest BCUT2D eigenvalue weighted by Gasteiger charge is -2.01. The van der Waals surface area contributed by atoms with Crippen LogP contribution in [-0.2, 0) is 10.9 Å². The first-order chi connectivity index (χ1) is 7.50. The van der Waals surface area contributed by atoms with E-state index in [0.717, 1.165) is 11.4 Å². The van der Waals surface area contributed by atoms with E-state index in [4.69, 9.17) is 8.42 Å². The van der Waals surface area contributed by atoms with E-state index in [1.54, 1.807) is 0 Å². The van der Waals surface area contributed by atoms with Crippen molar-refractivity contribution in [3.63, 3.8) is 0 Å². The van der Waals surface area contributed by atoms with E-state index >= 15 is 0 Å². The van der Waals surface area contributed by atoms with Crippen LogP contribution in [0.25, 0.3) is 10.8 Å². The third kappa shape index (κ3) is 3.60. The van der Waals surface area contributed by atoms with Gasteiger partial charge in [-0.1, -0.05) is 24.3 Å². The van der Waals surface area contributed by atoms with E-state index in [9.17, 15) is 0 Å². The van der Waals surface area contributed by atoms with Crippen molar-refractivity contribution in [3.8, 4) is 0 Å². The van der Waals surface area contributed by atoms with Crippen molar-refractivity contribution in [3.05, 3.63) is 41.7 Å². The van der Waals surface area contributed by atoms with Gasteiger partial charge in [-0.2, -0.15) is 0 Å². The summed E-state index contributed by atoms with van der Waals surface area (Å²) in [6.45, 7) is 4.08. The molecule has 1 aromatic carbocycles. The molecule has 0 aliphatic carbocycles. The maximum atomic E-state index is 8.81. The Balaban J connectivity index is 0.000000280. The van der Waals surface area contributed by atoms with Crippen LogP contribution in [0.3, 0.4) is 0 Å². The summed E-state index contributed by atoms with van der Waals surface area (Å²) < 4.78 is 17.6. The Morgan fingerprint density at radius 2 is 1.75 bits per heavy atom. The lowest BCUT2D eigenvalue weighted by Crippen LogP contribution is -1.86. The van der Waals surface area contributed by atoms with Gasteiger partial charge in [0.15, 0.2) is 10.9 Å². The molecule has 1 aromatic heterocycles. The van der Waals surface area contributed by atoms with Crippen molar-refractivity contribution in [2.45, 2.75) is 13.8 Å². The zero-order valence-corrected chi connectivity index (χ0v) is 10.1. The quantitative estimate of drug-likeness (QED) is 0.680. The van der Waals surface area contributed by atoms with E-state index in [0.29, 0.717) is 0 Å². The molecule has 2 N–H and O–H groups in total. The lowest BCUT2D eigenvalue weighted by molar-refractivity contribution is 0.616. The first kappa shape index (κ1) is 12.6. The Morgan fingerprint density at radius 3 is 2.38 bits per heavy atom. The summed E-state index contributed by atoms with van der Waals surface area (Å²) in [6, 6.07) is 10.4. The van der Waals surface area contributed by atoms with Crippen LogP contribution >= 0.6 is 0 Å². The molecule has 0 aliphatic heterocycles. The molecule has 0 bridgehead atoms. The smallest absolute Gasteiger partial charge is 0.198 e. The second-order valence-corrected chi connectivity index (χ2v) is 3.93. The molecule has 1 heterocycles. The minimum Gasteiger partial charge on any atom is -0.258 e. The molecule has 16 heavy (non-hydrogen) atoms. The van der Waals surface area contributed by atoms with E-state index in [-0.39, 0.29) is 0 Å². The molecule has 0 radical (unpaired) electrons. The molecular weight excluding hydrogens is 224 g/mol. The topological polar surface area (TPSA) is 73.0 Å². The summed E-state index contributed by atoms with van der Waals surface area (Å²) in [6.07, 6.45) is 0. The van der Waals surface area contributed by atoms with Crippen molar-refractivity contribution in [2.24, 2.45) is 5.14 Å². The molecule has 0 saturated heterocycles. The molecule has 0 fully saturated rings. The third-order valence-electron chi connectivity index (χ3n) is 2.06. The van der Waals surface area contributed by atoms with Gasteiger partial charge in [-0.05, 0) is 25.3 Å². The van der Waals surface area contributed by atoms with Crippen LogP contribution in [0.15, 0.2) is 30.3 Å². The molecule has 86 valence electrons. The van der Waals surface area contributed by atoms with Gasteiger partial charge >= 0.3 is 0 Å². The molecule has 4 nitrogen and oxygen atoms in total. The Bertz CT molecular complexity index is 557. The zero-order chi connectivity index (χ0) is 12.1. The second kappa shape index (κ2) is 5.58. The number of pyridine rings is 1. The summed E-state index contributed by atoms with van der Waals surface area (Å²) in [7, 11) is -2.62. The number of hydrogen-bond donors (Lipinski definition) is 2. The van der Waals surface area contributed by atoms with Crippen molar-refractivity contribution in [2.75, 3.05) is 0 Å². The second-order valence-electron chi connectivity index (χ2n) is 3.36. The Labute approximate surface area is 96.2 Å². The summed E-state index contributed by atoms with van der Waals surface area (Å²) in [5.41, 5.74) is 2.21. The van der Waals surface area contributed by atoms with Crippen molar-refractivity contribution in [1.82, 2.24) is 4.98 Å². The van der Waals surface area contributed by atoms with Crippen LogP contribution in [0.5, 0.6) is 0 Å². The fourth-order valence-corrected chi connectivity index (χ4v) is 1.53. The highest BCUT2D eigenvalue weighted by molar-refractivity contribution is 7.69. The van der Waals surface area contributed by atoms with E-state index in [1.807, 2.05) is 13.0 Å². The number of hydrogen-bond acceptors (Lipinski definition) is 3. The average molecular weight is 238 g/mol. The number of aromatic nitrogens is 1. The van der Waals surface area contributed by atoms with Crippen LogP contribution in [0.1, 0.15) is 11.4 Å². The summed E-state index contributed by atoms with van der Waals surface area (Å²) >= 11 is 0. The highest BCUT2D eigenvalue weighted by atomic mass is 32.2. The molecule has 0 amide bonds. The lowest BCUT2D eigenvalue weighted by atomic mass is 10.1. The summed E-state index contributed by atoms with van der Waals surface area (Å²) in [4.78, 5) is 4.40. The van der Waals surface area contributed by atoms with Gasteiger partial charge in [0.05, 0.1) is 0 Å². The van der Waals surface area contributed by atoms with Crippen LogP contribution < -0.4 is 5.14 Å². The standard InChI is InChI=1S/C11H11N.H3NO2S/c1-8-7-10-5-3-4-6-11(10)9(2)12-8;1-4(2)3/h3-7H,1-2H3;4H,(H2,1,2,3). The van der Waals surface area contributed by atoms with Gasteiger partial charge in [0, 0.05) is 16.8 Å². The van der Waals surface area contributed by atoms with E-state index in [2.05, 4.69) is 41.3 Å². The zero-order valence-electron chi connectivity index (χ0n) is 9.18. The molecule has 0 saturated carbocycles. The fraction of sp³-hybridized carbons (Fsp3) is 0.182. The molecule has 0 atom stereocenters. The fourth-order valence-electron chi connectivity index (χ4n) is 1.53. The predicted molar refractivity (Wildman–Crippen MR) is 65.7 cm³/mol. The minimum absolute atomic E-state index is 1.09. The van der Waals surface area contributed by atoms with Crippen molar-refractivity contribution in [1.29, 1.82) is 0 Å². The molecule has 0 spiro atoms. The summed E-state index contributed by atoms with van der Waals surface area (Å²) in [5, 5.41) is 6.60. The van der Waals surface area contributed by atoms with Crippen LogP contribution in [0.4, 0.5) is 0 Å². The number of fused-ring (bicyclic) bond motifs is 1. The Hall–Kier alpha value is -1.46. The van der Waals surface area contributed by atoms with Gasteiger partial charge < -0.3 is 0 Å². The molecule has 5 heteroatoms. The van der Waals surface area contributed by atoms with Gasteiger partial charge in [0.2, 0.25) is 0 Å². The number of thiol groups is 1. The number of nitrogens with two attached hydrogens (primary N) is 1. The SMILES string of the molecule is Cc1cc2ccccc2c(C)n1.N[SH](=O)=O. The number of nitrogens with zero attached hydrogens (tertiary/aromatic N) is 1. The third-order valence-corrected chi connectivity index (χ3v) is 2.06. The average Bonchev–Trinajstić information content (AvgIpc) is 2.16. The van der Waals surface area contributed by atoms with Gasteiger partial charge in [0.1, 0.15) is 0 Å². The molecular formula is C11H14N2O2S. The van der Waals surface area contributed by atoms with Crippen LogP contribution in [0.2, 0.25) is 0 Å². The minimum atomic E-state index is -2.62. The van der Waals surface area contributed by atoms with Gasteiger partial charge in [-0.3, -0.25) is 4.98 Å². The molecule has 0 unspecified atom stereocenters. The first-order valence-electron chi connectivity index (χ1n) is 4.73. The Morgan fingerprint density at radius 1 is 1.19 bits per heavy atom. The normalized spacial score (nSPS) is 10.0. The first-order valence-corrected chi connectivity index (χ1v) is 5.97. The number of aryl methyl sites for hydroxylation is 2. The van der Waals surface area contributed by atoms with E-state index < -0.39 is 10.9 Å². The van der Waals surface area contributed by atoms with Crippen LogP contribution in [-0.4, -0.2) is 13.4 Å². The number of rotatable bonds is 0. The highest BCUT2D eigenvalue weighted by Crippen LogP contribution is 2.16. The maximum Gasteiger partial charge on any atom is 0.198 e. The summed E-state index contributed by atoms with van der Waals surface area (Å²) in [5.74, 6) is 0. The van der Waals surface area contributed by atoms with Gasteiger partial charge in [0.25, 0.3) is 0 Å². The Kier molecular flexibility index (Phi) is 4.39.